The number of benzene rings is 4. The zero-order valence-electron chi connectivity index (χ0n) is 40.5. The molecule has 4 aromatic rings. The van der Waals surface area contributed by atoms with E-state index in [0.717, 1.165) is 63.0 Å². The van der Waals surface area contributed by atoms with Crippen molar-refractivity contribution in [2.75, 3.05) is 36.1 Å². The highest BCUT2D eigenvalue weighted by Crippen LogP contribution is 2.50. The molecule has 0 amide bonds. The van der Waals surface area contributed by atoms with E-state index in [1.807, 2.05) is 0 Å². The van der Waals surface area contributed by atoms with Crippen molar-refractivity contribution in [2.45, 2.75) is 105 Å². The molecule has 0 spiro atoms. The second-order valence-corrected chi connectivity index (χ2v) is 19.2. The lowest BCUT2D eigenvalue weighted by atomic mass is 9.83. The molecule has 0 radical (unpaired) electrons. The lowest BCUT2D eigenvalue weighted by Crippen LogP contribution is -2.27. The maximum absolute atomic E-state index is 12.1. The second kappa shape index (κ2) is 20.4. The minimum atomic E-state index is -0.334. The lowest BCUT2D eigenvalue weighted by Gasteiger charge is -2.27. The smallest absolute Gasteiger partial charge is 0.333 e. The van der Waals surface area contributed by atoms with Crippen LogP contribution in [0.25, 0.3) is 0 Å². The van der Waals surface area contributed by atoms with E-state index in [-0.39, 0.29) is 22.8 Å². The first-order valence-corrected chi connectivity index (χ1v) is 23.6. The van der Waals surface area contributed by atoms with Gasteiger partial charge in [-0.1, -0.05) is 125 Å². The number of aryl methyl sites for hydroxylation is 2. The summed E-state index contributed by atoms with van der Waals surface area (Å²) in [4.78, 5) is 29.2. The third-order valence-corrected chi connectivity index (χ3v) is 13.2. The Morgan fingerprint density at radius 3 is 1.36 bits per heavy atom. The van der Waals surface area contributed by atoms with Gasteiger partial charge in [-0.25, -0.2) is 9.59 Å². The standard InChI is InChI=1S/C59H68N3O4/c1-41(2)56(63)65-37-19-17-35-60-51-31-25-43(5)39-49(51)58(7,8)53(60)33-29-45-27-28-46(55(45)62(47-21-13-11-14-22-47)48-23-15-12-16-24-48)30-34-54-59(9,10)50-40-44(6)26-32-52(50)61(54)36-18-20-38-66-57(64)42(3)4/h11-16,21-26,29-34,39-40H,1,3,17-20,27-28,35-38H2,2,4-10H3/q+1. The van der Waals surface area contributed by atoms with Gasteiger partial charge in [-0.3, -0.25) is 0 Å². The number of hydrogen-bond acceptors (Lipinski definition) is 6. The van der Waals surface area contributed by atoms with Crippen molar-refractivity contribution in [1.82, 2.24) is 4.58 Å². The fraction of sp³-hybridized carbons (Fsp3) is 0.339. The number of fused-ring (bicyclic) bond motifs is 2. The van der Waals surface area contributed by atoms with Crippen molar-refractivity contribution in [3.8, 4) is 0 Å². The number of ether oxygens (including phenoxy) is 2. The van der Waals surface area contributed by atoms with Gasteiger partial charge >= 0.3 is 11.9 Å². The fourth-order valence-electron chi connectivity index (χ4n) is 9.63. The van der Waals surface area contributed by atoms with E-state index in [9.17, 15) is 9.59 Å². The largest absolute Gasteiger partial charge is 0.462 e. The third-order valence-electron chi connectivity index (χ3n) is 13.2. The van der Waals surface area contributed by atoms with Gasteiger partial charge in [-0.15, -0.1) is 0 Å². The molecule has 0 unspecified atom stereocenters. The Morgan fingerprint density at radius 1 is 0.591 bits per heavy atom. The summed E-state index contributed by atoms with van der Waals surface area (Å²) in [6.45, 7) is 26.9. The number of allylic oxidation sites excluding steroid dienone is 8. The summed E-state index contributed by atoms with van der Waals surface area (Å²) < 4.78 is 13.4. The van der Waals surface area contributed by atoms with Gasteiger partial charge in [0.25, 0.3) is 0 Å². The van der Waals surface area contributed by atoms with Crippen molar-refractivity contribution in [3.05, 3.63) is 190 Å². The molecule has 0 bridgehead atoms. The van der Waals surface area contributed by atoms with E-state index in [1.54, 1.807) is 13.8 Å². The number of anilines is 2. The molecule has 3 aliphatic rings. The number of esters is 2. The van der Waals surface area contributed by atoms with Crippen LogP contribution in [0.5, 0.6) is 0 Å². The molecule has 1 saturated carbocycles. The van der Waals surface area contributed by atoms with Gasteiger partial charge in [0.05, 0.1) is 13.2 Å². The predicted molar refractivity (Wildman–Crippen MR) is 274 cm³/mol. The molecule has 0 aromatic heterocycles. The van der Waals surface area contributed by atoms with Crippen LogP contribution in [0, 0.1) is 13.8 Å². The topological polar surface area (TPSA) is 62.1 Å². The minimum absolute atomic E-state index is 0.234. The summed E-state index contributed by atoms with van der Waals surface area (Å²) in [5.41, 5.74) is 16.5. The van der Waals surface area contributed by atoms with Crippen LogP contribution >= 0.6 is 0 Å². The van der Waals surface area contributed by atoms with E-state index in [0.29, 0.717) is 24.4 Å². The Balaban J connectivity index is 1.31. The van der Waals surface area contributed by atoms with Crippen LogP contribution in [0.2, 0.25) is 0 Å². The fourth-order valence-corrected chi connectivity index (χ4v) is 9.63. The maximum Gasteiger partial charge on any atom is 0.333 e. The molecule has 0 N–H and O–H groups in total. The van der Waals surface area contributed by atoms with Gasteiger partial charge in [0, 0.05) is 93.2 Å². The molecule has 342 valence electrons. The summed E-state index contributed by atoms with van der Waals surface area (Å²) in [7, 11) is 0. The number of hydrogen-bond donors (Lipinski definition) is 0. The van der Waals surface area contributed by atoms with Crippen LogP contribution in [0.1, 0.15) is 102 Å². The molecular formula is C59H68N3O4+. The van der Waals surface area contributed by atoms with Crippen LogP contribution in [0.4, 0.5) is 22.7 Å². The van der Waals surface area contributed by atoms with Crippen LogP contribution < -0.4 is 14.4 Å². The summed E-state index contributed by atoms with van der Waals surface area (Å²) in [6, 6.07) is 35.1. The minimum Gasteiger partial charge on any atom is -0.462 e. The molecule has 0 atom stereocenters. The van der Waals surface area contributed by atoms with E-state index in [2.05, 4.69) is 190 Å². The van der Waals surface area contributed by atoms with E-state index >= 15 is 0 Å². The second-order valence-electron chi connectivity index (χ2n) is 19.2. The van der Waals surface area contributed by atoms with Crippen LogP contribution in [0.15, 0.2) is 168 Å². The molecule has 66 heavy (non-hydrogen) atoms. The SMILES string of the molecule is C=C(C)C(=O)OCCCCN1C(=CC=C2CCC(=CC=C3N(CCCCOC(=O)C(=C)C)c4ccc(C)cc4C3(C)C)C2=[N+](c2ccccc2)c2ccccc2)C(C)(C)c2cc(C)ccc21. The summed E-state index contributed by atoms with van der Waals surface area (Å²) in [5.74, 6) is -0.669. The molecule has 0 saturated heterocycles. The van der Waals surface area contributed by atoms with Gasteiger partial charge in [-0.2, -0.15) is 4.58 Å². The Morgan fingerprint density at radius 2 is 0.985 bits per heavy atom. The summed E-state index contributed by atoms with van der Waals surface area (Å²) in [5, 5.41) is 0. The molecule has 4 aromatic carbocycles. The molecule has 7 rings (SSSR count). The van der Waals surface area contributed by atoms with E-state index in [4.69, 9.17) is 9.47 Å². The number of nitrogens with zero attached hydrogens (tertiary/aromatic N) is 3. The average Bonchev–Trinajstić information content (AvgIpc) is 3.85. The Labute approximate surface area is 393 Å². The number of para-hydroxylation sites is 2. The van der Waals surface area contributed by atoms with Crippen LogP contribution in [-0.4, -0.2) is 44.0 Å². The Bertz CT molecular complexity index is 2480. The van der Waals surface area contributed by atoms with E-state index in [1.165, 1.54) is 61.9 Å². The van der Waals surface area contributed by atoms with Crippen molar-refractivity contribution < 1.29 is 19.1 Å². The predicted octanol–water partition coefficient (Wildman–Crippen LogP) is 13.4. The lowest BCUT2D eigenvalue weighted by molar-refractivity contribution is -0.139. The zero-order chi connectivity index (χ0) is 47.2. The van der Waals surface area contributed by atoms with Gasteiger partial charge in [0.15, 0.2) is 0 Å². The summed E-state index contributed by atoms with van der Waals surface area (Å²) >= 11 is 0. The molecule has 1 fully saturated rings. The summed E-state index contributed by atoms with van der Waals surface area (Å²) in [6.07, 6.45) is 14.5. The molecule has 1 aliphatic carbocycles. The quantitative estimate of drug-likeness (QED) is 0.0483. The van der Waals surface area contributed by atoms with Gasteiger partial charge < -0.3 is 19.3 Å². The molecule has 7 heteroatoms. The highest BCUT2D eigenvalue weighted by Gasteiger charge is 2.42. The van der Waals surface area contributed by atoms with Crippen LogP contribution in [-0.2, 0) is 29.9 Å². The van der Waals surface area contributed by atoms with Crippen molar-refractivity contribution in [2.24, 2.45) is 0 Å². The molecule has 2 heterocycles. The first kappa shape index (κ1) is 47.5. The molecule has 2 aliphatic heterocycles. The maximum atomic E-state index is 12.1. The van der Waals surface area contributed by atoms with Gasteiger partial charge in [0.2, 0.25) is 17.1 Å². The Hall–Kier alpha value is -6.47. The first-order chi connectivity index (χ1) is 31.6. The highest BCUT2D eigenvalue weighted by molar-refractivity contribution is 6.17. The number of rotatable bonds is 16. The molecular weight excluding hydrogens is 815 g/mol. The monoisotopic (exact) mass is 883 g/mol. The Kier molecular flexibility index (Phi) is 14.7. The normalized spacial score (nSPS) is 18.3. The third kappa shape index (κ3) is 10.2. The average molecular weight is 883 g/mol. The van der Waals surface area contributed by atoms with Gasteiger partial charge in [0.1, 0.15) is 0 Å². The number of carbonyl (C=O) groups is 2. The van der Waals surface area contributed by atoms with Crippen molar-refractivity contribution in [1.29, 1.82) is 0 Å². The zero-order valence-corrected chi connectivity index (χ0v) is 40.5. The van der Waals surface area contributed by atoms with Crippen LogP contribution in [0.3, 0.4) is 0 Å². The van der Waals surface area contributed by atoms with E-state index < -0.39 is 0 Å². The number of carbonyl (C=O) groups excluding carboxylic acids is 2. The number of unbranched alkanes of at least 4 members (excludes halogenated alkanes) is 2. The molecule has 7 nitrogen and oxygen atoms in total. The van der Waals surface area contributed by atoms with Gasteiger partial charge in [-0.05, 0) is 102 Å². The highest BCUT2D eigenvalue weighted by atomic mass is 16.5. The first-order valence-electron chi connectivity index (χ1n) is 23.6. The van der Waals surface area contributed by atoms with Crippen molar-refractivity contribution in [3.63, 3.8) is 0 Å². The van der Waals surface area contributed by atoms with Crippen molar-refractivity contribution >= 4 is 40.4 Å².